The smallest absolute Gasteiger partial charge is 0.223 e. The quantitative estimate of drug-likeness (QED) is 0.756. The largest absolute Gasteiger partial charge is 0.444 e. The van der Waals surface area contributed by atoms with Crippen molar-refractivity contribution in [3.63, 3.8) is 0 Å². The van der Waals surface area contributed by atoms with Crippen LogP contribution in [0.4, 0.5) is 17.6 Å². The first-order valence-electron chi connectivity index (χ1n) is 6.15. The lowest BCUT2D eigenvalue weighted by Gasteiger charge is -2.12. The second-order valence-electron chi connectivity index (χ2n) is 4.20. The van der Waals surface area contributed by atoms with E-state index in [1.807, 2.05) is 20.8 Å². The van der Waals surface area contributed by atoms with Gasteiger partial charge in [-0.3, -0.25) is 0 Å². The second-order valence-corrected chi connectivity index (χ2v) is 4.20. The number of hydrogen-bond acceptors (Lipinski definition) is 7. The molecular weight excluding hydrogens is 244 g/mol. The van der Waals surface area contributed by atoms with Gasteiger partial charge in [0.25, 0.3) is 0 Å². The molecule has 7 heteroatoms. The lowest BCUT2D eigenvalue weighted by atomic mass is 10.3. The number of oxazole rings is 1. The lowest BCUT2D eigenvalue weighted by molar-refractivity contribution is 0.453. The van der Waals surface area contributed by atoms with Crippen LogP contribution in [-0.2, 0) is 0 Å². The topological polar surface area (TPSA) is 102 Å². The van der Waals surface area contributed by atoms with Crippen LogP contribution in [0.25, 0.3) is 0 Å². The van der Waals surface area contributed by atoms with Gasteiger partial charge in [-0.2, -0.15) is 9.97 Å². The molecule has 2 heterocycles. The summed E-state index contributed by atoms with van der Waals surface area (Å²) in [7, 11) is 0. The number of aryl methyl sites for hydroxylation is 1. The molecule has 2 aromatic heterocycles. The molecule has 1 unspecified atom stereocenters. The molecule has 0 aliphatic carbocycles. The first-order valence-corrected chi connectivity index (χ1v) is 6.15. The van der Waals surface area contributed by atoms with Crippen LogP contribution in [-0.4, -0.2) is 21.5 Å². The summed E-state index contributed by atoms with van der Waals surface area (Å²) in [5.41, 5.74) is 5.67. The number of rotatable bonds is 5. The standard InChI is InChI=1S/C12H18N6O/c1-4-14-9-5-10(18-12(13)17-9)16-8(3)11-15-6-7(2)19-11/h5-6,8H,4H2,1-3H3,(H4,13,14,16,17,18). The molecule has 2 rings (SSSR count). The van der Waals surface area contributed by atoms with Crippen molar-refractivity contribution < 1.29 is 4.42 Å². The molecule has 0 aliphatic heterocycles. The van der Waals surface area contributed by atoms with Gasteiger partial charge < -0.3 is 20.8 Å². The van der Waals surface area contributed by atoms with Crippen molar-refractivity contribution in [1.82, 2.24) is 15.0 Å². The number of nitrogens with zero attached hydrogens (tertiary/aromatic N) is 3. The minimum absolute atomic E-state index is 0.0996. The van der Waals surface area contributed by atoms with Crippen LogP contribution in [0.3, 0.4) is 0 Å². The van der Waals surface area contributed by atoms with E-state index in [4.69, 9.17) is 10.2 Å². The van der Waals surface area contributed by atoms with Crippen molar-refractivity contribution in [3.8, 4) is 0 Å². The molecule has 4 N–H and O–H groups in total. The fourth-order valence-corrected chi connectivity index (χ4v) is 1.67. The van der Waals surface area contributed by atoms with Gasteiger partial charge in [-0.1, -0.05) is 0 Å². The average molecular weight is 262 g/mol. The van der Waals surface area contributed by atoms with Gasteiger partial charge in [-0.25, -0.2) is 4.98 Å². The molecule has 1 atom stereocenters. The van der Waals surface area contributed by atoms with E-state index in [1.54, 1.807) is 12.3 Å². The third-order valence-corrected chi connectivity index (χ3v) is 2.48. The fraction of sp³-hybridized carbons (Fsp3) is 0.417. The summed E-state index contributed by atoms with van der Waals surface area (Å²) in [6.07, 6.45) is 1.69. The van der Waals surface area contributed by atoms with E-state index < -0.39 is 0 Å². The zero-order chi connectivity index (χ0) is 13.8. The molecular formula is C12H18N6O. The van der Waals surface area contributed by atoms with E-state index in [2.05, 4.69) is 25.6 Å². The Labute approximate surface area is 111 Å². The number of hydrogen-bond donors (Lipinski definition) is 3. The van der Waals surface area contributed by atoms with Crippen LogP contribution in [0, 0.1) is 6.92 Å². The van der Waals surface area contributed by atoms with Crippen molar-refractivity contribution >= 4 is 17.6 Å². The van der Waals surface area contributed by atoms with E-state index in [1.165, 1.54) is 0 Å². The molecule has 0 saturated carbocycles. The van der Waals surface area contributed by atoms with Crippen LogP contribution < -0.4 is 16.4 Å². The van der Waals surface area contributed by atoms with Crippen LogP contribution in [0.1, 0.15) is 31.5 Å². The molecule has 0 radical (unpaired) electrons. The maximum absolute atomic E-state index is 5.67. The number of aromatic nitrogens is 3. The third-order valence-electron chi connectivity index (χ3n) is 2.48. The summed E-state index contributed by atoms with van der Waals surface area (Å²) in [4.78, 5) is 12.4. The second kappa shape index (κ2) is 5.55. The maximum atomic E-state index is 5.67. The average Bonchev–Trinajstić information content (AvgIpc) is 2.75. The molecule has 7 nitrogen and oxygen atoms in total. The van der Waals surface area contributed by atoms with Crippen LogP contribution in [0.5, 0.6) is 0 Å². The lowest BCUT2D eigenvalue weighted by Crippen LogP contribution is -2.11. The Hall–Kier alpha value is -2.31. The van der Waals surface area contributed by atoms with Gasteiger partial charge in [0, 0.05) is 12.6 Å². The molecule has 0 spiro atoms. The predicted molar refractivity (Wildman–Crippen MR) is 73.9 cm³/mol. The van der Waals surface area contributed by atoms with E-state index in [0.29, 0.717) is 17.5 Å². The highest BCUT2D eigenvalue weighted by Crippen LogP contribution is 2.19. The number of nitrogens with two attached hydrogens (primary N) is 1. The fourth-order valence-electron chi connectivity index (χ4n) is 1.67. The Balaban J connectivity index is 2.14. The van der Waals surface area contributed by atoms with E-state index in [9.17, 15) is 0 Å². The van der Waals surface area contributed by atoms with Crippen molar-refractivity contribution in [2.24, 2.45) is 0 Å². The van der Waals surface area contributed by atoms with E-state index in [0.717, 1.165) is 12.3 Å². The zero-order valence-corrected chi connectivity index (χ0v) is 11.3. The Bertz CT molecular complexity index is 553. The normalized spacial score (nSPS) is 12.2. The molecule has 2 aromatic rings. The van der Waals surface area contributed by atoms with Crippen molar-refractivity contribution in [1.29, 1.82) is 0 Å². The SMILES string of the molecule is CCNc1cc(NC(C)c2ncc(C)o2)nc(N)n1. The summed E-state index contributed by atoms with van der Waals surface area (Å²) in [5, 5.41) is 6.28. The molecule has 19 heavy (non-hydrogen) atoms. The van der Waals surface area contributed by atoms with Gasteiger partial charge in [-0.05, 0) is 20.8 Å². The summed E-state index contributed by atoms with van der Waals surface area (Å²) >= 11 is 0. The van der Waals surface area contributed by atoms with Crippen LogP contribution in [0.2, 0.25) is 0 Å². The minimum atomic E-state index is -0.0996. The van der Waals surface area contributed by atoms with E-state index >= 15 is 0 Å². The number of nitrogen functional groups attached to an aromatic ring is 1. The molecule has 0 saturated heterocycles. The first kappa shape index (κ1) is 13.1. The van der Waals surface area contributed by atoms with Gasteiger partial charge in [-0.15, -0.1) is 0 Å². The molecule has 0 fully saturated rings. The summed E-state index contributed by atoms with van der Waals surface area (Å²) in [5.74, 6) is 2.93. The monoisotopic (exact) mass is 262 g/mol. The van der Waals surface area contributed by atoms with Crippen LogP contribution in [0.15, 0.2) is 16.7 Å². The van der Waals surface area contributed by atoms with Crippen molar-refractivity contribution in [3.05, 3.63) is 23.9 Å². The molecule has 0 aliphatic rings. The highest BCUT2D eigenvalue weighted by atomic mass is 16.4. The van der Waals surface area contributed by atoms with Gasteiger partial charge in [0.1, 0.15) is 23.4 Å². The number of anilines is 3. The molecule has 0 bridgehead atoms. The zero-order valence-electron chi connectivity index (χ0n) is 11.3. The minimum Gasteiger partial charge on any atom is -0.444 e. The highest BCUT2D eigenvalue weighted by Gasteiger charge is 2.12. The van der Waals surface area contributed by atoms with Crippen molar-refractivity contribution in [2.45, 2.75) is 26.8 Å². The number of nitrogens with one attached hydrogen (secondary N) is 2. The maximum Gasteiger partial charge on any atom is 0.223 e. The Morgan fingerprint density at radius 3 is 2.74 bits per heavy atom. The summed E-state index contributed by atoms with van der Waals surface area (Å²) in [6, 6.07) is 1.70. The van der Waals surface area contributed by atoms with Gasteiger partial charge in [0.05, 0.1) is 6.20 Å². The van der Waals surface area contributed by atoms with Crippen LogP contribution >= 0.6 is 0 Å². The first-order chi connectivity index (χ1) is 9.08. The summed E-state index contributed by atoms with van der Waals surface area (Å²) in [6.45, 7) is 6.56. The summed E-state index contributed by atoms with van der Waals surface area (Å²) < 4.78 is 5.46. The predicted octanol–water partition coefficient (Wildman–Crippen LogP) is 1.96. The molecule has 0 aromatic carbocycles. The van der Waals surface area contributed by atoms with Crippen molar-refractivity contribution in [2.75, 3.05) is 22.9 Å². The van der Waals surface area contributed by atoms with Gasteiger partial charge >= 0.3 is 0 Å². The van der Waals surface area contributed by atoms with E-state index in [-0.39, 0.29) is 12.0 Å². The highest BCUT2D eigenvalue weighted by molar-refractivity contribution is 5.51. The van der Waals surface area contributed by atoms with Gasteiger partial charge in [0.2, 0.25) is 11.8 Å². The van der Waals surface area contributed by atoms with Gasteiger partial charge in [0.15, 0.2) is 0 Å². The molecule has 0 amide bonds. The third kappa shape index (κ3) is 3.34. The Kier molecular flexibility index (Phi) is 3.84. The molecule has 102 valence electrons. The Morgan fingerprint density at radius 2 is 2.11 bits per heavy atom. The Morgan fingerprint density at radius 1 is 1.37 bits per heavy atom.